The summed E-state index contributed by atoms with van der Waals surface area (Å²) < 4.78 is 4.03. The van der Waals surface area contributed by atoms with Gasteiger partial charge in [-0.3, -0.25) is 4.79 Å². The number of halogens is 2. The normalized spacial score (nSPS) is 10.1. The lowest BCUT2D eigenvalue weighted by Gasteiger charge is -2.02. The monoisotopic (exact) mass is 506 g/mol. The number of benzene rings is 1. The molecule has 0 radical (unpaired) electrons. The van der Waals surface area contributed by atoms with E-state index in [-0.39, 0.29) is 34.0 Å². The quantitative estimate of drug-likeness (QED) is 0.152. The second kappa shape index (κ2) is 11.3. The number of pyridine rings is 2. The van der Waals surface area contributed by atoms with Crippen LogP contribution in [0.3, 0.4) is 0 Å². The Morgan fingerprint density at radius 2 is 1.61 bits per heavy atom. The highest BCUT2D eigenvalue weighted by molar-refractivity contribution is 5.92. The summed E-state index contributed by atoms with van der Waals surface area (Å²) in [7, 11) is 0. The molecule has 3 rings (SSSR count). The van der Waals surface area contributed by atoms with Gasteiger partial charge in [0.05, 0.1) is 17.3 Å². The number of hydrogen-bond acceptors (Lipinski definition) is 3. The molecular weight excluding hydrogens is 488 g/mol. The maximum Gasteiger partial charge on any atom is 0.249 e. The first kappa shape index (κ1) is 23.5. The first-order valence-corrected chi connectivity index (χ1v) is 8.17. The van der Waals surface area contributed by atoms with Crippen molar-refractivity contribution in [3.8, 4) is 0 Å². The number of oxime groups is 1. The number of aromatic nitrogens is 2. The number of carbonyl (C=O) groups is 1. The highest BCUT2D eigenvalue weighted by Gasteiger charge is 2.08. The van der Waals surface area contributed by atoms with Gasteiger partial charge in [-0.1, -0.05) is 23.4 Å². The van der Waals surface area contributed by atoms with Crippen molar-refractivity contribution in [1.82, 2.24) is 0 Å². The van der Waals surface area contributed by atoms with Crippen LogP contribution >= 0.6 is 0 Å². The van der Waals surface area contributed by atoms with E-state index < -0.39 is 5.91 Å². The molecule has 0 fully saturated rings. The second-order valence-electron chi connectivity index (χ2n) is 6.00. The molecule has 3 N–H and O–H groups in total. The number of rotatable bonds is 6. The van der Waals surface area contributed by atoms with Crippen molar-refractivity contribution in [3.05, 3.63) is 95.6 Å². The number of amides is 1. The standard InChI is InChI=1S/C20H18N4O2.2BrH/c21-20(25)19-6-9-23(10-7-19)13-16-3-1-4-17(11-16)14-24-8-2-5-18(15-24)12-22-26;;/h1-12,15H,13-14H2,(H-2,21,25,26);2*1H/b22-12+;;. The van der Waals surface area contributed by atoms with Crippen molar-refractivity contribution in [3.63, 3.8) is 0 Å². The first-order chi connectivity index (χ1) is 12.6. The Bertz CT molecular complexity index is 947. The van der Waals surface area contributed by atoms with Crippen molar-refractivity contribution < 1.29 is 53.1 Å². The predicted octanol–water partition coefficient (Wildman–Crippen LogP) is -4.73. The van der Waals surface area contributed by atoms with E-state index in [1.54, 1.807) is 12.1 Å². The zero-order valence-electron chi connectivity index (χ0n) is 15.0. The fraction of sp³-hybridized carbons (Fsp3) is 0.100. The second-order valence-corrected chi connectivity index (χ2v) is 6.00. The molecule has 6 nitrogen and oxygen atoms in total. The van der Waals surface area contributed by atoms with Crippen LogP contribution in [0.25, 0.3) is 0 Å². The third kappa shape index (κ3) is 6.54. The van der Waals surface area contributed by atoms with Crippen LogP contribution in [0.2, 0.25) is 0 Å². The van der Waals surface area contributed by atoms with Gasteiger partial charge in [0, 0.05) is 29.3 Å². The Kier molecular flexibility index (Phi) is 9.47. The number of nitrogens with two attached hydrogens (primary N) is 1. The molecule has 0 spiro atoms. The fourth-order valence-electron chi connectivity index (χ4n) is 2.76. The summed E-state index contributed by atoms with van der Waals surface area (Å²) in [6, 6.07) is 15.5. The van der Waals surface area contributed by atoms with Gasteiger partial charge in [0.1, 0.15) is 0 Å². The molecule has 8 heteroatoms. The van der Waals surface area contributed by atoms with Crippen LogP contribution in [0, 0.1) is 0 Å². The maximum absolute atomic E-state index is 11.1. The molecule has 0 unspecified atom stereocenters. The van der Waals surface area contributed by atoms with Crippen molar-refractivity contribution in [2.75, 3.05) is 0 Å². The molecule has 28 heavy (non-hydrogen) atoms. The van der Waals surface area contributed by atoms with Crippen LogP contribution in [0.15, 0.2) is 78.5 Å². The molecule has 0 bridgehead atoms. The van der Waals surface area contributed by atoms with Gasteiger partial charge in [-0.15, -0.1) is 0 Å². The van der Waals surface area contributed by atoms with Gasteiger partial charge in [-0.25, -0.2) is 9.13 Å². The van der Waals surface area contributed by atoms with E-state index in [0.29, 0.717) is 18.7 Å². The lowest BCUT2D eigenvalue weighted by Crippen LogP contribution is -3.00. The molecule has 3 aromatic rings. The van der Waals surface area contributed by atoms with Crippen LogP contribution in [0.4, 0.5) is 0 Å². The third-order valence-electron chi connectivity index (χ3n) is 3.99. The topological polar surface area (TPSA) is 83.4 Å². The molecule has 1 amide bonds. The molecule has 0 saturated heterocycles. The van der Waals surface area contributed by atoms with Crippen LogP contribution in [0.5, 0.6) is 0 Å². The van der Waals surface area contributed by atoms with Crippen molar-refractivity contribution in [2.24, 2.45) is 10.9 Å². The average molecular weight is 508 g/mol. The molecule has 0 aliphatic rings. The van der Waals surface area contributed by atoms with E-state index in [4.69, 9.17) is 10.9 Å². The molecule has 0 saturated carbocycles. The van der Waals surface area contributed by atoms with E-state index in [1.807, 2.05) is 52.1 Å². The molecule has 2 heterocycles. The van der Waals surface area contributed by atoms with Gasteiger partial charge < -0.3 is 44.9 Å². The van der Waals surface area contributed by atoms with E-state index in [0.717, 1.165) is 11.1 Å². The summed E-state index contributed by atoms with van der Waals surface area (Å²) in [5, 5.41) is 11.7. The van der Waals surface area contributed by atoms with E-state index in [1.165, 1.54) is 11.8 Å². The van der Waals surface area contributed by atoms with Gasteiger partial charge >= 0.3 is 0 Å². The zero-order chi connectivity index (χ0) is 18.4. The number of primary amides is 1. The van der Waals surface area contributed by atoms with Crippen molar-refractivity contribution >= 4 is 12.1 Å². The Balaban J connectivity index is 0.00000196. The molecule has 2 aromatic heterocycles. The van der Waals surface area contributed by atoms with Crippen LogP contribution in [0.1, 0.15) is 27.0 Å². The SMILES string of the molecule is NC(=O)c1cc[n+](Cc2cccc(C[n+]3cccc(/C=N/O)c3)c2)cc1.[Br-].[Br-]. The molecule has 0 aliphatic heterocycles. The minimum absolute atomic E-state index is 0. The number of carbonyl (C=O) groups excluding carboxylic acids is 1. The predicted molar refractivity (Wildman–Crippen MR) is 95.8 cm³/mol. The van der Waals surface area contributed by atoms with Crippen LogP contribution < -0.4 is 48.8 Å². The lowest BCUT2D eigenvalue weighted by molar-refractivity contribution is -0.689. The summed E-state index contributed by atoms with van der Waals surface area (Å²) in [6.45, 7) is 1.42. The summed E-state index contributed by atoms with van der Waals surface area (Å²) in [5.74, 6) is -0.426. The molecule has 0 atom stereocenters. The van der Waals surface area contributed by atoms with E-state index in [9.17, 15) is 4.79 Å². The lowest BCUT2D eigenvalue weighted by atomic mass is 10.1. The van der Waals surface area contributed by atoms with Gasteiger partial charge in [0.15, 0.2) is 37.9 Å². The minimum atomic E-state index is -0.426. The van der Waals surface area contributed by atoms with Gasteiger partial charge in [-0.2, -0.15) is 0 Å². The Morgan fingerprint density at radius 1 is 0.964 bits per heavy atom. The summed E-state index contributed by atoms with van der Waals surface area (Å²) in [5.41, 5.74) is 8.92. The summed E-state index contributed by atoms with van der Waals surface area (Å²) in [4.78, 5) is 11.1. The maximum atomic E-state index is 11.1. The van der Waals surface area contributed by atoms with Gasteiger partial charge in [0.2, 0.25) is 5.91 Å². The summed E-state index contributed by atoms with van der Waals surface area (Å²) >= 11 is 0. The Morgan fingerprint density at radius 3 is 2.21 bits per heavy atom. The molecular formula is C20H20Br2N4O2. The minimum Gasteiger partial charge on any atom is -1.00 e. The molecule has 146 valence electrons. The smallest absolute Gasteiger partial charge is 0.249 e. The zero-order valence-corrected chi connectivity index (χ0v) is 18.1. The van der Waals surface area contributed by atoms with E-state index >= 15 is 0 Å². The van der Waals surface area contributed by atoms with Crippen molar-refractivity contribution in [2.45, 2.75) is 13.1 Å². The van der Waals surface area contributed by atoms with Crippen molar-refractivity contribution in [1.29, 1.82) is 0 Å². The summed E-state index contributed by atoms with van der Waals surface area (Å²) in [6.07, 6.45) is 8.99. The Labute approximate surface area is 184 Å². The van der Waals surface area contributed by atoms with Gasteiger partial charge in [-0.05, 0) is 12.1 Å². The Hall–Kier alpha value is -2.58. The number of nitrogens with zero attached hydrogens (tertiary/aromatic N) is 3. The molecule has 1 aromatic carbocycles. The fourth-order valence-corrected chi connectivity index (χ4v) is 2.76. The van der Waals surface area contributed by atoms with E-state index in [2.05, 4.69) is 23.4 Å². The molecule has 0 aliphatic carbocycles. The highest BCUT2D eigenvalue weighted by Crippen LogP contribution is 2.05. The average Bonchev–Trinajstić information content (AvgIpc) is 2.63. The highest BCUT2D eigenvalue weighted by atomic mass is 79.9. The van der Waals surface area contributed by atoms with Crippen LogP contribution in [-0.2, 0) is 13.1 Å². The largest absolute Gasteiger partial charge is 1.00 e. The van der Waals surface area contributed by atoms with Gasteiger partial charge in [0.25, 0.3) is 0 Å². The first-order valence-electron chi connectivity index (χ1n) is 8.17. The third-order valence-corrected chi connectivity index (χ3v) is 3.99. The van der Waals surface area contributed by atoms with Crippen LogP contribution in [-0.4, -0.2) is 17.3 Å². The number of hydrogen-bond donors (Lipinski definition) is 2.